The highest BCUT2D eigenvalue weighted by Gasteiger charge is 2.24. The first-order valence-corrected chi connectivity index (χ1v) is 19.8. The predicted molar refractivity (Wildman–Crippen MR) is 241 cm³/mol. The van der Waals surface area contributed by atoms with E-state index in [0.29, 0.717) is 0 Å². The number of aromatic nitrogens is 2. The van der Waals surface area contributed by atoms with Gasteiger partial charge in [0.2, 0.25) is 0 Å². The Hall–Kier alpha value is -7.82. The summed E-state index contributed by atoms with van der Waals surface area (Å²) in [5.74, 6) is 0. The Morgan fingerprint density at radius 2 is 0.776 bits per heavy atom. The summed E-state index contributed by atoms with van der Waals surface area (Å²) in [6, 6.07) is 69.7. The molecule has 4 nitrogen and oxygen atoms in total. The second-order valence-electron chi connectivity index (χ2n) is 15.2. The van der Waals surface area contributed by atoms with Crippen LogP contribution in [-0.2, 0) is 0 Å². The van der Waals surface area contributed by atoms with Crippen LogP contribution < -0.4 is 0 Å². The fourth-order valence-corrected chi connectivity index (χ4v) is 9.69. The summed E-state index contributed by atoms with van der Waals surface area (Å²) in [4.78, 5) is 0. The van der Waals surface area contributed by atoms with Crippen molar-refractivity contribution in [2.24, 2.45) is 0 Å². The number of hydrogen-bond acceptors (Lipinski definition) is 2. The van der Waals surface area contributed by atoms with Gasteiger partial charge in [0.25, 0.3) is 0 Å². The summed E-state index contributed by atoms with van der Waals surface area (Å²) in [5.41, 5.74) is 15.2. The van der Waals surface area contributed by atoms with E-state index in [9.17, 15) is 0 Å². The third-order valence-electron chi connectivity index (χ3n) is 12.1. The number of rotatable bonds is 4. The van der Waals surface area contributed by atoms with Crippen LogP contribution in [0.1, 0.15) is 0 Å². The number of hydrogen-bond donors (Lipinski definition) is 0. The average molecular weight is 741 g/mol. The fourth-order valence-electron chi connectivity index (χ4n) is 9.69. The van der Waals surface area contributed by atoms with Gasteiger partial charge >= 0.3 is 0 Å². The maximum absolute atomic E-state index is 6.27. The number of furan rings is 2. The number of fused-ring (bicyclic) bond motifs is 12. The summed E-state index contributed by atoms with van der Waals surface area (Å²) in [5, 5.41) is 9.34. The van der Waals surface area contributed by atoms with E-state index in [1.54, 1.807) is 0 Å². The Kier molecular flexibility index (Phi) is 6.41. The molecule has 0 atom stereocenters. The number of benzene rings is 9. The van der Waals surface area contributed by atoms with Crippen molar-refractivity contribution >= 4 is 87.5 Å². The molecule has 0 spiro atoms. The summed E-state index contributed by atoms with van der Waals surface area (Å²) >= 11 is 0. The van der Waals surface area contributed by atoms with Crippen molar-refractivity contribution in [2.75, 3.05) is 0 Å². The Morgan fingerprint density at radius 3 is 1.40 bits per heavy atom. The molecular weight excluding hydrogens is 709 g/mol. The molecule has 270 valence electrons. The third kappa shape index (κ3) is 4.34. The van der Waals surface area contributed by atoms with Crippen molar-refractivity contribution in [3.8, 4) is 33.6 Å². The highest BCUT2D eigenvalue weighted by atomic mass is 16.3. The van der Waals surface area contributed by atoms with Crippen molar-refractivity contribution < 1.29 is 8.83 Å². The lowest BCUT2D eigenvalue weighted by Crippen LogP contribution is -1.95. The zero-order valence-corrected chi connectivity index (χ0v) is 31.2. The minimum atomic E-state index is 0.890. The van der Waals surface area contributed by atoms with Crippen molar-refractivity contribution in [3.05, 3.63) is 194 Å². The van der Waals surface area contributed by atoms with Gasteiger partial charge in [0, 0.05) is 60.0 Å². The zero-order chi connectivity index (χ0) is 37.9. The SMILES string of the molecule is c1ccc(-c2ccc3c(c2-c2cccc4c2c2ccccc2n4-c2ccc4oc5ccccc5c4c2)c2ccccc2n3-c2ccc3oc4ccccc4c3c2)cc1. The van der Waals surface area contributed by atoms with Crippen molar-refractivity contribution in [1.29, 1.82) is 0 Å². The van der Waals surface area contributed by atoms with Crippen molar-refractivity contribution in [1.82, 2.24) is 9.13 Å². The van der Waals surface area contributed by atoms with E-state index in [2.05, 4.69) is 179 Å². The van der Waals surface area contributed by atoms with Crippen LogP contribution >= 0.6 is 0 Å². The lowest BCUT2D eigenvalue weighted by Gasteiger charge is -2.16. The normalized spacial score (nSPS) is 12.1. The first-order valence-electron chi connectivity index (χ1n) is 19.8. The molecule has 0 amide bonds. The first kappa shape index (κ1) is 31.4. The summed E-state index contributed by atoms with van der Waals surface area (Å²) in [6.45, 7) is 0. The van der Waals surface area contributed by atoms with Gasteiger partial charge in [-0.25, -0.2) is 0 Å². The van der Waals surface area contributed by atoms with Gasteiger partial charge in [-0.05, 0) is 89.5 Å². The van der Waals surface area contributed by atoms with Crippen LogP contribution in [0.4, 0.5) is 0 Å². The molecule has 0 N–H and O–H groups in total. The van der Waals surface area contributed by atoms with E-state index in [-0.39, 0.29) is 0 Å². The van der Waals surface area contributed by atoms with Crippen LogP contribution in [0.5, 0.6) is 0 Å². The Labute approximate surface area is 332 Å². The van der Waals surface area contributed by atoms with Gasteiger partial charge < -0.3 is 18.0 Å². The molecule has 0 radical (unpaired) electrons. The lowest BCUT2D eigenvalue weighted by atomic mass is 9.88. The molecule has 0 saturated heterocycles. The minimum Gasteiger partial charge on any atom is -0.456 e. The van der Waals surface area contributed by atoms with Crippen LogP contribution in [0.15, 0.2) is 203 Å². The summed E-state index contributed by atoms with van der Waals surface area (Å²) in [6.07, 6.45) is 0. The molecule has 0 unspecified atom stereocenters. The maximum atomic E-state index is 6.27. The van der Waals surface area contributed by atoms with Gasteiger partial charge in [0.1, 0.15) is 22.3 Å². The van der Waals surface area contributed by atoms with Gasteiger partial charge in [-0.3, -0.25) is 0 Å². The monoisotopic (exact) mass is 740 g/mol. The van der Waals surface area contributed by atoms with Gasteiger partial charge in [0.15, 0.2) is 0 Å². The van der Waals surface area contributed by atoms with E-state index < -0.39 is 0 Å². The molecular formula is C54H32N2O2. The standard InChI is InChI=1S/C54H32N2O2/c1-2-13-33(14-3-1)36-27-28-47-54(40-18-5-9-21-45(40)56(47)35-26-30-51-43(32-35)38-16-7-11-24-49(38)58-51)53(36)41-19-12-22-46-52(41)39-17-4-8-20-44(39)55(46)34-25-29-50-42(31-34)37-15-6-10-23-48(37)57-50/h1-32H. The van der Waals surface area contributed by atoms with Crippen LogP contribution in [-0.4, -0.2) is 9.13 Å². The Balaban J connectivity index is 1.15. The molecule has 58 heavy (non-hydrogen) atoms. The molecule has 13 aromatic rings. The Bertz CT molecular complexity index is 3800. The van der Waals surface area contributed by atoms with Crippen LogP contribution in [0.25, 0.3) is 121 Å². The van der Waals surface area contributed by atoms with E-state index >= 15 is 0 Å². The topological polar surface area (TPSA) is 36.1 Å². The highest BCUT2D eigenvalue weighted by molar-refractivity contribution is 6.25. The van der Waals surface area contributed by atoms with Crippen LogP contribution in [0.3, 0.4) is 0 Å². The maximum Gasteiger partial charge on any atom is 0.135 e. The van der Waals surface area contributed by atoms with Crippen LogP contribution in [0, 0.1) is 0 Å². The predicted octanol–water partition coefficient (Wildman–Crippen LogP) is 15.0. The van der Waals surface area contributed by atoms with Gasteiger partial charge in [-0.1, -0.05) is 121 Å². The van der Waals surface area contributed by atoms with Crippen molar-refractivity contribution in [2.45, 2.75) is 0 Å². The second-order valence-corrected chi connectivity index (χ2v) is 15.2. The molecule has 0 fully saturated rings. The summed E-state index contributed by atoms with van der Waals surface area (Å²) < 4.78 is 17.4. The Morgan fingerprint density at radius 1 is 0.293 bits per heavy atom. The average Bonchev–Trinajstić information content (AvgIpc) is 4.03. The molecule has 0 aliphatic heterocycles. The molecule has 0 bridgehead atoms. The minimum absolute atomic E-state index is 0.890. The molecule has 4 heteroatoms. The highest BCUT2D eigenvalue weighted by Crippen LogP contribution is 2.48. The molecule has 0 aliphatic rings. The van der Waals surface area contributed by atoms with E-state index in [1.165, 1.54) is 43.8 Å². The summed E-state index contributed by atoms with van der Waals surface area (Å²) in [7, 11) is 0. The van der Waals surface area contributed by atoms with Gasteiger partial charge in [-0.2, -0.15) is 0 Å². The van der Waals surface area contributed by atoms with Gasteiger partial charge in [0.05, 0.1) is 22.1 Å². The molecule has 4 aromatic heterocycles. The van der Waals surface area contributed by atoms with E-state index in [1.807, 2.05) is 24.3 Å². The quantitative estimate of drug-likeness (QED) is 0.180. The molecule has 13 rings (SSSR count). The fraction of sp³-hybridized carbons (Fsp3) is 0. The van der Waals surface area contributed by atoms with Crippen molar-refractivity contribution in [3.63, 3.8) is 0 Å². The van der Waals surface area contributed by atoms with E-state index in [4.69, 9.17) is 8.83 Å². The molecule has 0 saturated carbocycles. The second kappa shape index (κ2) is 11.8. The first-order chi connectivity index (χ1) is 28.8. The molecule has 9 aromatic carbocycles. The van der Waals surface area contributed by atoms with Gasteiger partial charge in [-0.15, -0.1) is 0 Å². The zero-order valence-electron chi connectivity index (χ0n) is 31.2. The van der Waals surface area contributed by atoms with E-state index in [0.717, 1.165) is 77.3 Å². The lowest BCUT2D eigenvalue weighted by molar-refractivity contribution is 0.668. The third-order valence-corrected chi connectivity index (χ3v) is 12.1. The molecule has 4 heterocycles. The number of nitrogens with zero attached hydrogens (tertiary/aromatic N) is 2. The smallest absolute Gasteiger partial charge is 0.135 e. The largest absolute Gasteiger partial charge is 0.456 e. The molecule has 0 aliphatic carbocycles. The van der Waals surface area contributed by atoms with Crippen LogP contribution in [0.2, 0.25) is 0 Å². The number of para-hydroxylation sites is 4.